The number of aromatic nitrogens is 2. The second-order valence-corrected chi connectivity index (χ2v) is 7.99. The van der Waals surface area contributed by atoms with E-state index in [1.165, 1.54) is 0 Å². The second-order valence-electron chi connectivity index (χ2n) is 7.55. The molecule has 0 radical (unpaired) electrons. The zero-order valence-electron chi connectivity index (χ0n) is 17.6. The molecule has 0 fully saturated rings. The second kappa shape index (κ2) is 10.7. The number of aryl methyl sites for hydroxylation is 1. The van der Waals surface area contributed by atoms with Crippen LogP contribution in [-0.2, 0) is 24.2 Å². The number of Topliss-reactive ketones (excluding diaryl/α,β-unsaturated/α-hetero) is 1. The number of halogens is 1. The Hall–Kier alpha value is -3.50. The van der Waals surface area contributed by atoms with Gasteiger partial charge in [0, 0.05) is 48.2 Å². The van der Waals surface area contributed by atoms with E-state index < -0.39 is 0 Å². The van der Waals surface area contributed by atoms with E-state index in [1.54, 1.807) is 18.6 Å². The molecule has 4 nitrogen and oxygen atoms in total. The van der Waals surface area contributed by atoms with Crippen molar-refractivity contribution in [1.82, 2.24) is 9.97 Å². The molecule has 0 amide bonds. The van der Waals surface area contributed by atoms with Crippen LogP contribution in [0.5, 0.6) is 5.75 Å². The van der Waals surface area contributed by atoms with Crippen molar-refractivity contribution >= 4 is 17.4 Å². The van der Waals surface area contributed by atoms with Crippen molar-refractivity contribution in [2.45, 2.75) is 25.9 Å². The summed E-state index contributed by atoms with van der Waals surface area (Å²) in [6.45, 7) is 0.408. The Balaban J connectivity index is 1.34. The Bertz CT molecular complexity index is 1160. The molecule has 0 aliphatic heterocycles. The minimum Gasteiger partial charge on any atom is -0.489 e. The molecule has 4 rings (SSSR count). The molecule has 4 aromatic rings. The predicted molar refractivity (Wildman–Crippen MR) is 127 cm³/mol. The van der Waals surface area contributed by atoms with Gasteiger partial charge in [-0.2, -0.15) is 0 Å². The number of hydrogen-bond acceptors (Lipinski definition) is 4. The minimum atomic E-state index is 0.213. The lowest BCUT2D eigenvalue weighted by Crippen LogP contribution is -2.04. The number of pyridine rings is 2. The molecule has 0 bridgehead atoms. The third-order valence-corrected chi connectivity index (χ3v) is 5.41. The molecule has 0 N–H and O–H groups in total. The van der Waals surface area contributed by atoms with Gasteiger partial charge in [0.25, 0.3) is 0 Å². The summed E-state index contributed by atoms with van der Waals surface area (Å²) in [6, 6.07) is 21.3. The first-order valence-electron chi connectivity index (χ1n) is 10.5. The molecule has 2 heterocycles. The third-order valence-electron chi connectivity index (χ3n) is 5.18. The maximum absolute atomic E-state index is 12.3. The smallest absolute Gasteiger partial charge is 0.137 e. The van der Waals surface area contributed by atoms with Crippen molar-refractivity contribution in [2.75, 3.05) is 0 Å². The Morgan fingerprint density at radius 2 is 1.66 bits per heavy atom. The van der Waals surface area contributed by atoms with E-state index in [4.69, 9.17) is 16.3 Å². The summed E-state index contributed by atoms with van der Waals surface area (Å²) in [7, 11) is 0. The highest BCUT2D eigenvalue weighted by molar-refractivity contribution is 6.30. The third kappa shape index (κ3) is 6.02. The fourth-order valence-electron chi connectivity index (χ4n) is 3.48. The maximum atomic E-state index is 12.3. The van der Waals surface area contributed by atoms with Crippen LogP contribution in [0.1, 0.15) is 23.1 Å². The topological polar surface area (TPSA) is 52.1 Å². The summed E-state index contributed by atoms with van der Waals surface area (Å²) >= 11 is 6.21. The number of ether oxygens (including phenoxy) is 1. The van der Waals surface area contributed by atoms with Crippen LogP contribution < -0.4 is 4.74 Å². The van der Waals surface area contributed by atoms with Gasteiger partial charge in [-0.25, -0.2) is 0 Å². The first-order chi connectivity index (χ1) is 15.7. The molecule has 0 saturated carbocycles. The zero-order valence-corrected chi connectivity index (χ0v) is 18.3. The van der Waals surface area contributed by atoms with Crippen molar-refractivity contribution in [3.8, 4) is 16.9 Å². The molecule has 5 heteroatoms. The van der Waals surface area contributed by atoms with Crippen molar-refractivity contribution in [1.29, 1.82) is 0 Å². The molecule has 160 valence electrons. The Kier molecular flexibility index (Phi) is 7.26. The van der Waals surface area contributed by atoms with E-state index in [-0.39, 0.29) is 5.78 Å². The standard InChI is InChI=1S/C27H23ClN2O2/c28-24-9-8-23(27(16-24)22-4-2-14-30-18-22)19-32-26-11-6-20(7-12-26)15-25(31)10-5-21-3-1-13-29-17-21/h1-4,6-9,11-14,16-18H,5,10,15,19H2. The van der Waals surface area contributed by atoms with Gasteiger partial charge in [-0.15, -0.1) is 0 Å². The summed E-state index contributed by atoms with van der Waals surface area (Å²) in [5.41, 5.74) is 5.08. The van der Waals surface area contributed by atoms with Crippen LogP contribution in [-0.4, -0.2) is 15.8 Å². The average Bonchev–Trinajstić information content (AvgIpc) is 2.84. The fourth-order valence-corrected chi connectivity index (χ4v) is 3.65. The van der Waals surface area contributed by atoms with Gasteiger partial charge < -0.3 is 4.74 Å². The number of carbonyl (C=O) groups is 1. The number of ketones is 1. The highest BCUT2D eigenvalue weighted by Gasteiger charge is 2.09. The van der Waals surface area contributed by atoms with Crippen molar-refractivity contribution in [3.05, 3.63) is 113 Å². The molecular weight excluding hydrogens is 420 g/mol. The monoisotopic (exact) mass is 442 g/mol. The Morgan fingerprint density at radius 1 is 0.875 bits per heavy atom. The quantitative estimate of drug-likeness (QED) is 0.313. The summed E-state index contributed by atoms with van der Waals surface area (Å²) < 4.78 is 6.00. The minimum absolute atomic E-state index is 0.213. The predicted octanol–water partition coefficient (Wildman–Crippen LogP) is 6.12. The van der Waals surface area contributed by atoms with E-state index in [9.17, 15) is 4.79 Å². The zero-order chi connectivity index (χ0) is 22.2. The van der Waals surface area contributed by atoms with Gasteiger partial charge in [0.15, 0.2) is 0 Å². The molecule has 2 aromatic carbocycles. The van der Waals surface area contributed by atoms with Gasteiger partial charge in [0.05, 0.1) is 0 Å². The van der Waals surface area contributed by atoms with Crippen LogP contribution in [0.3, 0.4) is 0 Å². The number of benzene rings is 2. The van der Waals surface area contributed by atoms with Gasteiger partial charge in [-0.05, 0) is 65.1 Å². The molecule has 2 aromatic heterocycles. The first kappa shape index (κ1) is 21.7. The van der Waals surface area contributed by atoms with E-state index in [1.807, 2.05) is 72.9 Å². The average molecular weight is 443 g/mol. The lowest BCUT2D eigenvalue weighted by Gasteiger charge is -2.12. The Labute approximate surface area is 192 Å². The highest BCUT2D eigenvalue weighted by Crippen LogP contribution is 2.27. The number of nitrogens with zero attached hydrogens (tertiary/aromatic N) is 2. The van der Waals surface area contributed by atoms with E-state index >= 15 is 0 Å². The first-order valence-corrected chi connectivity index (χ1v) is 10.9. The van der Waals surface area contributed by atoms with Crippen LogP contribution >= 0.6 is 11.6 Å². The van der Waals surface area contributed by atoms with Crippen LogP contribution in [0, 0.1) is 0 Å². The lowest BCUT2D eigenvalue weighted by atomic mass is 10.0. The van der Waals surface area contributed by atoms with Crippen molar-refractivity contribution < 1.29 is 9.53 Å². The largest absolute Gasteiger partial charge is 0.489 e. The lowest BCUT2D eigenvalue weighted by molar-refractivity contribution is -0.118. The Morgan fingerprint density at radius 3 is 2.38 bits per heavy atom. The van der Waals surface area contributed by atoms with Gasteiger partial charge in [-0.3, -0.25) is 14.8 Å². The summed E-state index contributed by atoms with van der Waals surface area (Å²) in [5.74, 6) is 0.966. The molecule has 0 saturated heterocycles. The molecule has 0 aliphatic carbocycles. The summed E-state index contributed by atoms with van der Waals surface area (Å²) in [4.78, 5) is 20.6. The van der Waals surface area contributed by atoms with Crippen LogP contribution in [0.4, 0.5) is 0 Å². The van der Waals surface area contributed by atoms with Gasteiger partial charge in [-0.1, -0.05) is 41.9 Å². The van der Waals surface area contributed by atoms with Gasteiger partial charge >= 0.3 is 0 Å². The van der Waals surface area contributed by atoms with E-state index in [0.29, 0.717) is 30.9 Å². The summed E-state index contributed by atoms with van der Waals surface area (Å²) in [6.07, 6.45) is 8.75. The molecule has 0 spiro atoms. The van der Waals surface area contributed by atoms with Crippen LogP contribution in [0.15, 0.2) is 91.5 Å². The number of hydrogen-bond donors (Lipinski definition) is 0. The van der Waals surface area contributed by atoms with Gasteiger partial charge in [0.1, 0.15) is 18.1 Å². The maximum Gasteiger partial charge on any atom is 0.137 e. The highest BCUT2D eigenvalue weighted by atomic mass is 35.5. The number of rotatable bonds is 9. The molecule has 0 aliphatic rings. The molecular formula is C27H23ClN2O2. The molecule has 0 unspecified atom stereocenters. The van der Waals surface area contributed by atoms with Crippen molar-refractivity contribution in [2.24, 2.45) is 0 Å². The van der Waals surface area contributed by atoms with Crippen molar-refractivity contribution in [3.63, 3.8) is 0 Å². The van der Waals surface area contributed by atoms with E-state index in [0.717, 1.165) is 33.6 Å². The molecule has 0 atom stereocenters. The molecule has 32 heavy (non-hydrogen) atoms. The van der Waals surface area contributed by atoms with Gasteiger partial charge in [0.2, 0.25) is 0 Å². The fraction of sp³-hybridized carbons (Fsp3) is 0.148. The normalized spacial score (nSPS) is 10.7. The van der Waals surface area contributed by atoms with Crippen LogP contribution in [0.2, 0.25) is 5.02 Å². The van der Waals surface area contributed by atoms with Crippen LogP contribution in [0.25, 0.3) is 11.1 Å². The summed E-state index contributed by atoms with van der Waals surface area (Å²) in [5, 5.41) is 0.671. The van der Waals surface area contributed by atoms with E-state index in [2.05, 4.69) is 9.97 Å². The number of carbonyl (C=O) groups excluding carboxylic acids is 1. The SMILES string of the molecule is O=C(CCc1cccnc1)Cc1ccc(OCc2ccc(Cl)cc2-c2cccnc2)cc1.